The van der Waals surface area contributed by atoms with Crippen LogP contribution in [-0.2, 0) is 11.3 Å². The summed E-state index contributed by atoms with van der Waals surface area (Å²) in [7, 11) is 1.63. The number of fused-ring (bicyclic) bond motifs is 2. The van der Waals surface area contributed by atoms with E-state index >= 15 is 0 Å². The average molecular weight is 575 g/mol. The quantitative estimate of drug-likeness (QED) is 0.309. The van der Waals surface area contributed by atoms with Gasteiger partial charge in [0, 0.05) is 62.0 Å². The Morgan fingerprint density at radius 3 is 2.38 bits per heavy atom. The molecule has 11 heteroatoms. The van der Waals surface area contributed by atoms with Crippen LogP contribution in [0.2, 0.25) is 0 Å². The number of nitrogen functional groups attached to an aromatic ring is 1. The molecule has 42 heavy (non-hydrogen) atoms. The van der Waals surface area contributed by atoms with Gasteiger partial charge in [0.2, 0.25) is 0 Å². The van der Waals surface area contributed by atoms with Gasteiger partial charge in [-0.25, -0.2) is 18.9 Å². The number of hydrogen-bond acceptors (Lipinski definition) is 8. The van der Waals surface area contributed by atoms with Crippen LogP contribution in [0.25, 0.3) is 11.0 Å². The Balaban J connectivity index is 1.33. The maximum Gasteiger partial charge on any atom is 0.410 e. The average Bonchev–Trinajstić information content (AvgIpc) is 3.62. The van der Waals surface area contributed by atoms with Gasteiger partial charge < -0.3 is 29.7 Å². The number of hydrogen-bond donors (Lipinski definition) is 1. The van der Waals surface area contributed by atoms with E-state index in [2.05, 4.69) is 9.88 Å². The van der Waals surface area contributed by atoms with Gasteiger partial charge in [0.1, 0.15) is 22.5 Å². The summed E-state index contributed by atoms with van der Waals surface area (Å²) in [6.45, 7) is 8.77. The number of rotatable bonds is 6. The van der Waals surface area contributed by atoms with E-state index in [0.717, 1.165) is 17.1 Å². The number of anilines is 2. The van der Waals surface area contributed by atoms with Gasteiger partial charge in [-0.2, -0.15) is 5.10 Å². The molecule has 0 aliphatic carbocycles. The number of aromatic nitrogens is 3. The first-order valence-corrected chi connectivity index (χ1v) is 14.0. The molecule has 10 nitrogen and oxygen atoms in total. The molecule has 0 radical (unpaired) electrons. The summed E-state index contributed by atoms with van der Waals surface area (Å²) < 4.78 is 33.6. The SMILES string of the molecule is COc1ccc(Cn2nc(N3CC4CN(C(=O)OC(C)(C)C)CC4C3)c3c(Oc4ccc(N)cc4F)ccnc32)cc1. The van der Waals surface area contributed by atoms with Crippen LogP contribution in [0, 0.1) is 17.7 Å². The van der Waals surface area contributed by atoms with Crippen LogP contribution < -0.4 is 20.1 Å². The number of carbonyl (C=O) groups excluding carboxylic acids is 1. The zero-order valence-electron chi connectivity index (χ0n) is 24.2. The first-order valence-electron chi connectivity index (χ1n) is 14.0. The Morgan fingerprint density at radius 2 is 1.74 bits per heavy atom. The van der Waals surface area contributed by atoms with Gasteiger partial charge in [-0.05, 0) is 50.6 Å². The number of likely N-dealkylation sites (tertiary alicyclic amines) is 1. The number of nitrogens with two attached hydrogens (primary N) is 1. The van der Waals surface area contributed by atoms with Gasteiger partial charge in [-0.15, -0.1) is 0 Å². The van der Waals surface area contributed by atoms with E-state index in [1.54, 1.807) is 30.3 Å². The predicted molar refractivity (Wildman–Crippen MR) is 158 cm³/mol. The van der Waals surface area contributed by atoms with E-state index in [1.807, 2.05) is 49.7 Å². The largest absolute Gasteiger partial charge is 0.497 e. The fourth-order valence-electron chi connectivity index (χ4n) is 5.73. The molecular weight excluding hydrogens is 539 g/mol. The molecule has 2 saturated heterocycles. The van der Waals surface area contributed by atoms with Gasteiger partial charge in [0.15, 0.2) is 23.0 Å². The third-order valence-electron chi connectivity index (χ3n) is 7.68. The molecule has 6 rings (SSSR count). The second-order valence-corrected chi connectivity index (χ2v) is 11.9. The van der Waals surface area contributed by atoms with Gasteiger partial charge >= 0.3 is 6.09 Å². The summed E-state index contributed by atoms with van der Waals surface area (Å²) in [5.74, 6) is 2.00. The van der Waals surface area contributed by atoms with Gasteiger partial charge in [-0.3, -0.25) is 0 Å². The molecule has 2 aromatic carbocycles. The number of pyridine rings is 1. The lowest BCUT2D eigenvalue weighted by molar-refractivity contribution is 0.0282. The smallest absolute Gasteiger partial charge is 0.410 e. The molecule has 220 valence electrons. The molecule has 2 aromatic heterocycles. The lowest BCUT2D eigenvalue weighted by atomic mass is 10.0. The van der Waals surface area contributed by atoms with Crippen molar-refractivity contribution in [2.75, 3.05) is 43.9 Å². The second-order valence-electron chi connectivity index (χ2n) is 11.9. The second kappa shape index (κ2) is 10.7. The molecule has 0 saturated carbocycles. The summed E-state index contributed by atoms with van der Waals surface area (Å²) in [5.41, 5.74) is 7.18. The molecule has 2 aliphatic heterocycles. The van der Waals surface area contributed by atoms with Crippen LogP contribution in [-0.4, -0.2) is 64.6 Å². The number of ether oxygens (including phenoxy) is 3. The first kappa shape index (κ1) is 27.6. The lowest BCUT2D eigenvalue weighted by Gasteiger charge is -2.26. The van der Waals surface area contributed by atoms with Crippen LogP contribution in [0.3, 0.4) is 0 Å². The Bertz CT molecular complexity index is 1600. The van der Waals surface area contributed by atoms with Crippen LogP contribution >= 0.6 is 0 Å². The molecule has 1 amide bonds. The molecule has 2 N–H and O–H groups in total. The van der Waals surface area contributed by atoms with Gasteiger partial charge in [-0.1, -0.05) is 12.1 Å². The molecule has 0 bridgehead atoms. The molecule has 2 atom stereocenters. The minimum Gasteiger partial charge on any atom is -0.497 e. The number of amides is 1. The van der Waals surface area contributed by atoms with Crippen molar-refractivity contribution in [1.82, 2.24) is 19.7 Å². The van der Waals surface area contributed by atoms with Crippen molar-refractivity contribution < 1.29 is 23.4 Å². The zero-order valence-corrected chi connectivity index (χ0v) is 24.2. The minimum atomic E-state index is -0.551. The normalized spacial score (nSPS) is 18.4. The third kappa shape index (κ3) is 5.50. The van der Waals surface area contributed by atoms with E-state index in [0.29, 0.717) is 55.2 Å². The highest BCUT2D eigenvalue weighted by molar-refractivity contribution is 5.94. The van der Waals surface area contributed by atoms with Crippen molar-refractivity contribution in [1.29, 1.82) is 0 Å². The molecule has 0 spiro atoms. The lowest BCUT2D eigenvalue weighted by Crippen LogP contribution is -2.37. The van der Waals surface area contributed by atoms with Crippen molar-refractivity contribution in [2.24, 2.45) is 11.8 Å². The van der Waals surface area contributed by atoms with Gasteiger partial charge in [0.25, 0.3) is 0 Å². The Hall–Kier alpha value is -4.54. The highest BCUT2D eigenvalue weighted by Gasteiger charge is 2.44. The van der Waals surface area contributed by atoms with Crippen LogP contribution in [0.5, 0.6) is 17.2 Å². The zero-order chi connectivity index (χ0) is 29.6. The molecule has 4 aromatic rings. The topological polar surface area (TPSA) is 108 Å². The maximum atomic E-state index is 14.7. The van der Waals surface area contributed by atoms with Crippen LogP contribution in [0.15, 0.2) is 54.7 Å². The maximum absolute atomic E-state index is 14.7. The van der Waals surface area contributed by atoms with Crippen molar-refractivity contribution >= 4 is 28.6 Å². The number of methoxy groups -OCH3 is 1. The van der Waals surface area contributed by atoms with Gasteiger partial charge in [0.05, 0.1) is 13.7 Å². The Kier molecular flexibility index (Phi) is 7.04. The van der Waals surface area contributed by atoms with Crippen molar-refractivity contribution in [3.05, 3.63) is 66.1 Å². The molecule has 2 fully saturated rings. The summed E-state index contributed by atoms with van der Waals surface area (Å²) in [6, 6.07) is 13.9. The first-order chi connectivity index (χ1) is 20.1. The number of nitrogens with zero attached hydrogens (tertiary/aromatic N) is 5. The predicted octanol–water partition coefficient (Wildman–Crippen LogP) is 5.30. The Morgan fingerprint density at radius 1 is 1.02 bits per heavy atom. The highest BCUT2D eigenvalue weighted by atomic mass is 19.1. The summed E-state index contributed by atoms with van der Waals surface area (Å²) in [5, 5.41) is 5.73. The van der Waals surface area contributed by atoms with E-state index in [1.165, 1.54) is 12.1 Å². The summed E-state index contributed by atoms with van der Waals surface area (Å²) >= 11 is 0. The van der Waals surface area contributed by atoms with Crippen LogP contribution in [0.1, 0.15) is 26.3 Å². The van der Waals surface area contributed by atoms with Crippen LogP contribution in [0.4, 0.5) is 20.7 Å². The summed E-state index contributed by atoms with van der Waals surface area (Å²) in [4.78, 5) is 21.4. The molecule has 2 aliphatic rings. The van der Waals surface area contributed by atoms with Crippen molar-refractivity contribution in [3.8, 4) is 17.2 Å². The number of halogens is 1. The van der Waals surface area contributed by atoms with E-state index in [9.17, 15) is 9.18 Å². The summed E-state index contributed by atoms with van der Waals surface area (Å²) in [6.07, 6.45) is 1.36. The fourth-order valence-corrected chi connectivity index (χ4v) is 5.73. The standard InChI is InChI=1S/C31H35FN6O4/c1-31(2,3)42-30(39)37-17-20-15-36(16-21(20)18-37)29-27-26(41-25-10-7-22(33)13-24(25)32)11-12-34-28(27)38(35-29)14-19-5-8-23(40-4)9-6-19/h5-13,20-21H,14-18,33H2,1-4H3. The van der Waals surface area contributed by atoms with Crippen molar-refractivity contribution in [2.45, 2.75) is 32.9 Å². The minimum absolute atomic E-state index is 0.0665. The van der Waals surface area contributed by atoms with Crippen molar-refractivity contribution in [3.63, 3.8) is 0 Å². The molecule has 2 unspecified atom stereocenters. The Labute approximate surface area is 243 Å². The third-order valence-corrected chi connectivity index (χ3v) is 7.68. The fraction of sp³-hybridized carbons (Fsp3) is 0.387. The van der Waals surface area contributed by atoms with E-state index in [-0.39, 0.29) is 23.7 Å². The molecule has 4 heterocycles. The van der Waals surface area contributed by atoms with E-state index < -0.39 is 11.4 Å². The molecular formula is C31H35FN6O4. The highest BCUT2D eigenvalue weighted by Crippen LogP contribution is 2.41. The number of carbonyl (C=O) groups is 1. The van der Waals surface area contributed by atoms with E-state index in [4.69, 9.17) is 25.0 Å². The number of benzene rings is 2. The monoisotopic (exact) mass is 574 g/mol.